The summed E-state index contributed by atoms with van der Waals surface area (Å²) < 4.78 is 7.00. The van der Waals surface area contributed by atoms with E-state index in [2.05, 4.69) is 10.3 Å². The van der Waals surface area contributed by atoms with Gasteiger partial charge in [0.1, 0.15) is 5.69 Å². The zero-order valence-electron chi connectivity index (χ0n) is 13.7. The van der Waals surface area contributed by atoms with E-state index in [-0.39, 0.29) is 5.69 Å². The summed E-state index contributed by atoms with van der Waals surface area (Å²) in [6, 6.07) is 18.3. The smallest absolute Gasteiger partial charge is 0.358 e. The molecular weight excluding hydrogens is 386 g/mol. The molecule has 27 heavy (non-hydrogen) atoms. The number of benzene rings is 2. The van der Waals surface area contributed by atoms with E-state index in [4.69, 9.17) is 21.2 Å². The van der Waals surface area contributed by atoms with E-state index in [1.165, 1.54) is 17.8 Å². The minimum Gasteiger partial charge on any atom is -0.476 e. The summed E-state index contributed by atoms with van der Waals surface area (Å²) in [5.74, 6) is -0.826. The second-order valence-corrected chi connectivity index (χ2v) is 7.09. The van der Waals surface area contributed by atoms with Crippen LogP contribution in [-0.2, 0) is 0 Å². The highest BCUT2D eigenvalue weighted by Gasteiger charge is 2.21. The maximum Gasteiger partial charge on any atom is 0.358 e. The first-order valence-corrected chi connectivity index (χ1v) is 9.08. The number of halogens is 1. The first kappa shape index (κ1) is 17.4. The van der Waals surface area contributed by atoms with Crippen molar-refractivity contribution in [3.8, 4) is 17.1 Å². The lowest BCUT2D eigenvalue weighted by Crippen LogP contribution is -1.98. The van der Waals surface area contributed by atoms with Gasteiger partial charge in [-0.1, -0.05) is 46.7 Å². The molecule has 0 aliphatic carbocycles. The fraction of sp³-hybridized carbons (Fsp3) is 0. The van der Waals surface area contributed by atoms with E-state index in [0.29, 0.717) is 16.5 Å². The van der Waals surface area contributed by atoms with Crippen molar-refractivity contribution >= 4 is 29.3 Å². The third-order valence-corrected chi connectivity index (χ3v) is 5.02. The van der Waals surface area contributed by atoms with Gasteiger partial charge in [0.2, 0.25) is 0 Å². The van der Waals surface area contributed by atoms with Gasteiger partial charge in [-0.15, -0.1) is 0 Å². The largest absolute Gasteiger partial charge is 0.476 e. The number of nitrogens with zero attached hydrogens (tertiary/aromatic N) is 3. The fourth-order valence-corrected chi connectivity index (χ4v) is 3.55. The lowest BCUT2D eigenvalue weighted by atomic mass is 10.2. The molecule has 8 heteroatoms. The maximum absolute atomic E-state index is 11.2. The Labute approximate surface area is 163 Å². The van der Waals surface area contributed by atoms with Gasteiger partial charge in [0.25, 0.3) is 0 Å². The zero-order valence-corrected chi connectivity index (χ0v) is 15.3. The molecule has 4 rings (SSSR count). The van der Waals surface area contributed by atoms with Crippen LogP contribution in [0.15, 0.2) is 81.2 Å². The molecule has 0 saturated heterocycles. The molecule has 134 valence electrons. The molecule has 0 aliphatic heterocycles. The van der Waals surface area contributed by atoms with Crippen LogP contribution in [0.5, 0.6) is 0 Å². The predicted molar refractivity (Wildman–Crippen MR) is 102 cm³/mol. The van der Waals surface area contributed by atoms with Gasteiger partial charge in [-0.05, 0) is 36.4 Å². The monoisotopic (exact) mass is 397 g/mol. The van der Waals surface area contributed by atoms with Crippen LogP contribution in [0.4, 0.5) is 0 Å². The van der Waals surface area contributed by atoms with Gasteiger partial charge in [-0.2, -0.15) is 5.10 Å². The molecular formula is C19H12ClN3O3S. The molecule has 0 radical (unpaired) electrons. The van der Waals surface area contributed by atoms with Crippen LogP contribution in [0.25, 0.3) is 17.1 Å². The van der Waals surface area contributed by atoms with Gasteiger partial charge in [0.05, 0.1) is 16.8 Å². The molecule has 0 aliphatic rings. The Morgan fingerprint density at radius 1 is 1.11 bits per heavy atom. The molecule has 0 fully saturated rings. The second-order valence-electron chi connectivity index (χ2n) is 5.54. The SMILES string of the molecule is O=C(O)c1cc(-c2c(Sc3ccc(Cl)cc3)cnn2-c2ccccc2)on1. The third kappa shape index (κ3) is 3.60. The molecule has 0 unspecified atom stereocenters. The Balaban J connectivity index is 1.82. The van der Waals surface area contributed by atoms with Crippen molar-refractivity contribution in [2.24, 2.45) is 0 Å². The number of hydrogen-bond donors (Lipinski definition) is 1. The lowest BCUT2D eigenvalue weighted by Gasteiger charge is -2.07. The molecule has 0 bridgehead atoms. The van der Waals surface area contributed by atoms with Gasteiger partial charge in [0, 0.05) is 16.0 Å². The Bertz CT molecular complexity index is 1090. The molecule has 0 atom stereocenters. The molecule has 0 saturated carbocycles. The summed E-state index contributed by atoms with van der Waals surface area (Å²) in [5.41, 5.74) is 1.29. The molecule has 6 nitrogen and oxygen atoms in total. The number of aromatic nitrogens is 3. The van der Waals surface area contributed by atoms with Crippen LogP contribution in [-0.4, -0.2) is 26.0 Å². The molecule has 2 aromatic heterocycles. The summed E-state index contributed by atoms with van der Waals surface area (Å²) in [7, 11) is 0. The predicted octanol–water partition coefficient (Wildman–Crippen LogP) is 5.03. The van der Waals surface area contributed by atoms with Crippen LogP contribution in [0.2, 0.25) is 5.02 Å². The summed E-state index contributed by atoms with van der Waals surface area (Å²) >= 11 is 7.43. The van der Waals surface area contributed by atoms with Gasteiger partial charge in [-0.3, -0.25) is 0 Å². The minimum atomic E-state index is -1.15. The van der Waals surface area contributed by atoms with Crippen molar-refractivity contribution in [3.05, 3.63) is 77.6 Å². The van der Waals surface area contributed by atoms with Gasteiger partial charge >= 0.3 is 5.97 Å². The lowest BCUT2D eigenvalue weighted by molar-refractivity contribution is 0.0686. The highest BCUT2D eigenvalue weighted by atomic mass is 35.5. The van der Waals surface area contributed by atoms with E-state index in [9.17, 15) is 4.79 Å². The first-order valence-electron chi connectivity index (χ1n) is 7.89. The first-order chi connectivity index (χ1) is 13.1. The second kappa shape index (κ2) is 7.30. The molecule has 2 aromatic carbocycles. The van der Waals surface area contributed by atoms with Crippen LogP contribution < -0.4 is 0 Å². The molecule has 4 aromatic rings. The number of rotatable bonds is 5. The number of para-hydroxylation sites is 1. The van der Waals surface area contributed by atoms with E-state index in [1.54, 1.807) is 10.9 Å². The van der Waals surface area contributed by atoms with E-state index in [0.717, 1.165) is 15.5 Å². The van der Waals surface area contributed by atoms with Gasteiger partial charge < -0.3 is 9.63 Å². The Hall–Kier alpha value is -3.03. The number of carboxylic acid groups (broad SMARTS) is 1. The molecule has 0 amide bonds. The normalized spacial score (nSPS) is 10.9. The van der Waals surface area contributed by atoms with Crippen molar-refractivity contribution in [2.45, 2.75) is 9.79 Å². The Morgan fingerprint density at radius 2 is 1.85 bits per heavy atom. The highest BCUT2D eigenvalue weighted by molar-refractivity contribution is 7.99. The summed E-state index contributed by atoms with van der Waals surface area (Å²) in [4.78, 5) is 12.9. The van der Waals surface area contributed by atoms with E-state index >= 15 is 0 Å². The molecule has 2 heterocycles. The average Bonchev–Trinajstić information content (AvgIpc) is 3.31. The standard InChI is InChI=1S/C19H12ClN3O3S/c20-12-6-8-14(9-7-12)27-17-11-21-23(13-4-2-1-3-5-13)18(17)16-10-15(19(24)25)22-26-16/h1-11H,(H,24,25). The molecule has 0 spiro atoms. The number of hydrogen-bond acceptors (Lipinski definition) is 5. The van der Waals surface area contributed by atoms with Crippen LogP contribution in [0.1, 0.15) is 10.5 Å². The van der Waals surface area contributed by atoms with Crippen molar-refractivity contribution in [2.75, 3.05) is 0 Å². The average molecular weight is 398 g/mol. The van der Waals surface area contributed by atoms with E-state index < -0.39 is 5.97 Å². The van der Waals surface area contributed by atoms with Gasteiger partial charge in [0.15, 0.2) is 11.5 Å². The van der Waals surface area contributed by atoms with Gasteiger partial charge in [-0.25, -0.2) is 9.48 Å². The number of aromatic carboxylic acids is 1. The maximum atomic E-state index is 11.2. The quantitative estimate of drug-likeness (QED) is 0.508. The zero-order chi connectivity index (χ0) is 18.8. The third-order valence-electron chi connectivity index (χ3n) is 3.74. The van der Waals surface area contributed by atoms with Crippen LogP contribution in [0, 0.1) is 0 Å². The molecule has 1 N–H and O–H groups in total. The topological polar surface area (TPSA) is 81.1 Å². The van der Waals surface area contributed by atoms with Crippen molar-refractivity contribution in [1.82, 2.24) is 14.9 Å². The Kier molecular flexibility index (Phi) is 4.70. The summed E-state index contributed by atoms with van der Waals surface area (Å²) in [5, 5.41) is 17.9. The van der Waals surface area contributed by atoms with Crippen molar-refractivity contribution in [1.29, 1.82) is 0 Å². The van der Waals surface area contributed by atoms with E-state index in [1.807, 2.05) is 54.6 Å². The van der Waals surface area contributed by atoms with Crippen molar-refractivity contribution < 1.29 is 14.4 Å². The summed E-state index contributed by atoms with van der Waals surface area (Å²) in [6.45, 7) is 0. The summed E-state index contributed by atoms with van der Waals surface area (Å²) in [6.07, 6.45) is 1.71. The number of carbonyl (C=O) groups is 1. The van der Waals surface area contributed by atoms with Crippen LogP contribution in [0.3, 0.4) is 0 Å². The van der Waals surface area contributed by atoms with Crippen molar-refractivity contribution in [3.63, 3.8) is 0 Å². The number of carboxylic acids is 1. The Morgan fingerprint density at radius 3 is 2.52 bits per heavy atom. The minimum absolute atomic E-state index is 0.159. The fourth-order valence-electron chi connectivity index (χ4n) is 2.52. The highest BCUT2D eigenvalue weighted by Crippen LogP contribution is 2.37. The van der Waals surface area contributed by atoms with Crippen LogP contribution >= 0.6 is 23.4 Å².